The van der Waals surface area contributed by atoms with Crippen LogP contribution in [0.2, 0.25) is 10.0 Å². The summed E-state index contributed by atoms with van der Waals surface area (Å²) in [6.07, 6.45) is 1.42. The molecule has 1 heterocycles. The summed E-state index contributed by atoms with van der Waals surface area (Å²) < 4.78 is 27.4. The van der Waals surface area contributed by atoms with Crippen molar-refractivity contribution in [2.24, 2.45) is 5.92 Å². The molecule has 1 atom stereocenters. The molecule has 35 heavy (non-hydrogen) atoms. The number of amides is 2. The van der Waals surface area contributed by atoms with Crippen molar-refractivity contribution >= 4 is 46.4 Å². The molecule has 0 N–H and O–H groups in total. The van der Waals surface area contributed by atoms with Crippen LogP contribution in [-0.2, 0) is 22.4 Å². The number of anilines is 2. The van der Waals surface area contributed by atoms with E-state index in [-0.39, 0.29) is 40.6 Å². The van der Waals surface area contributed by atoms with E-state index in [2.05, 4.69) is 0 Å². The second-order valence-electron chi connectivity index (χ2n) is 8.72. The van der Waals surface area contributed by atoms with Crippen molar-refractivity contribution in [1.29, 1.82) is 0 Å². The third-order valence-corrected chi connectivity index (χ3v) is 6.84. The predicted octanol–water partition coefficient (Wildman–Crippen LogP) is 6.46. The molecule has 4 rings (SSSR count). The quantitative estimate of drug-likeness (QED) is 0.377. The van der Waals surface area contributed by atoms with Gasteiger partial charge in [-0.05, 0) is 48.1 Å². The van der Waals surface area contributed by atoms with Crippen LogP contribution < -0.4 is 9.80 Å². The Morgan fingerprint density at radius 2 is 1.74 bits per heavy atom. The van der Waals surface area contributed by atoms with Crippen LogP contribution in [0.3, 0.4) is 0 Å². The number of hydrogen-bond acceptors (Lipinski definition) is 2. The van der Waals surface area contributed by atoms with Crippen LogP contribution in [0.1, 0.15) is 24.0 Å². The minimum Gasteiger partial charge on any atom is -0.315 e. The minimum atomic E-state index is -0.627. The van der Waals surface area contributed by atoms with E-state index in [9.17, 15) is 18.4 Å². The van der Waals surface area contributed by atoms with Gasteiger partial charge in [-0.1, -0.05) is 59.6 Å². The van der Waals surface area contributed by atoms with E-state index < -0.39 is 11.6 Å². The Bertz CT molecular complexity index is 1230. The molecule has 2 amide bonds. The fourth-order valence-electron chi connectivity index (χ4n) is 4.33. The fraction of sp³-hybridized carbons (Fsp3) is 0.259. The lowest BCUT2D eigenvalue weighted by molar-refractivity contribution is -0.120. The highest BCUT2D eigenvalue weighted by atomic mass is 35.5. The first-order chi connectivity index (χ1) is 16.7. The summed E-state index contributed by atoms with van der Waals surface area (Å²) >= 11 is 13.1. The van der Waals surface area contributed by atoms with E-state index in [1.807, 2.05) is 30.3 Å². The van der Waals surface area contributed by atoms with Gasteiger partial charge < -0.3 is 9.80 Å². The van der Waals surface area contributed by atoms with Crippen molar-refractivity contribution < 1.29 is 18.4 Å². The number of carbonyl (C=O) groups excluding carboxylic acids is 2. The zero-order chi connectivity index (χ0) is 25.1. The van der Waals surface area contributed by atoms with Crippen molar-refractivity contribution in [2.75, 3.05) is 23.4 Å². The van der Waals surface area contributed by atoms with Gasteiger partial charge >= 0.3 is 0 Å². The monoisotopic (exact) mass is 516 g/mol. The second kappa shape index (κ2) is 10.8. The van der Waals surface area contributed by atoms with Crippen LogP contribution in [0.5, 0.6) is 0 Å². The van der Waals surface area contributed by atoms with Crippen molar-refractivity contribution in [3.8, 4) is 0 Å². The van der Waals surface area contributed by atoms with Crippen LogP contribution in [0.15, 0.2) is 60.7 Å². The molecule has 3 aromatic carbocycles. The van der Waals surface area contributed by atoms with Gasteiger partial charge in [0.2, 0.25) is 11.8 Å². The molecule has 4 nitrogen and oxygen atoms in total. The summed E-state index contributed by atoms with van der Waals surface area (Å²) in [6.45, 7) is 0.303. The molecule has 1 fully saturated rings. The molecule has 1 unspecified atom stereocenters. The summed E-state index contributed by atoms with van der Waals surface area (Å²) in [6, 6.07) is 16.1. The number of piperidine rings is 1. The lowest BCUT2D eigenvalue weighted by Gasteiger charge is -2.34. The number of likely N-dealkylation sites (N-methyl/N-ethyl adjacent to an activating group) is 1. The maximum atomic E-state index is 14.2. The Hall–Kier alpha value is -2.96. The highest BCUT2D eigenvalue weighted by Gasteiger charge is 2.30. The molecule has 1 aliphatic heterocycles. The van der Waals surface area contributed by atoms with Crippen LogP contribution in [0.25, 0.3) is 0 Å². The molecule has 182 valence electrons. The van der Waals surface area contributed by atoms with Crippen LogP contribution >= 0.6 is 23.2 Å². The number of rotatable bonds is 6. The van der Waals surface area contributed by atoms with Gasteiger partial charge in [-0.2, -0.15) is 0 Å². The van der Waals surface area contributed by atoms with Gasteiger partial charge in [0.1, 0.15) is 11.6 Å². The lowest BCUT2D eigenvalue weighted by atomic mass is 9.90. The largest absolute Gasteiger partial charge is 0.315 e. The Balaban J connectivity index is 1.52. The zero-order valence-corrected chi connectivity index (χ0v) is 20.6. The SMILES string of the molecule is CN(C(=O)Cc1ccccc1)c1cc(Cl)c(N2CC(Cc3ccc(F)cc3F)CCC2=O)c(Cl)c1. The standard InChI is InChI=1S/C27H24Cl2F2N2O2/c1-32(26(35)12-17-5-3-2-4-6-17)21-14-22(28)27(23(29)15-21)33-16-18(7-10-25(33)34)11-19-8-9-20(30)13-24(19)31/h2-6,8-9,13-15,18H,7,10-12,16H2,1H3. The van der Waals surface area contributed by atoms with Gasteiger partial charge in [0.15, 0.2) is 0 Å². The van der Waals surface area contributed by atoms with E-state index in [1.165, 1.54) is 21.9 Å². The van der Waals surface area contributed by atoms with Crippen LogP contribution in [-0.4, -0.2) is 25.4 Å². The molecule has 8 heteroatoms. The average molecular weight is 517 g/mol. The normalized spacial score (nSPS) is 15.9. The summed E-state index contributed by atoms with van der Waals surface area (Å²) in [7, 11) is 1.65. The Morgan fingerprint density at radius 1 is 1.06 bits per heavy atom. The zero-order valence-electron chi connectivity index (χ0n) is 19.1. The Labute approximate surface area is 213 Å². The molecule has 0 spiro atoms. The lowest BCUT2D eigenvalue weighted by Crippen LogP contribution is -2.41. The average Bonchev–Trinajstić information content (AvgIpc) is 2.82. The highest BCUT2D eigenvalue weighted by molar-refractivity contribution is 6.40. The number of benzene rings is 3. The van der Waals surface area contributed by atoms with E-state index >= 15 is 0 Å². The van der Waals surface area contributed by atoms with Crippen LogP contribution in [0.4, 0.5) is 20.2 Å². The van der Waals surface area contributed by atoms with E-state index in [0.29, 0.717) is 36.3 Å². The van der Waals surface area contributed by atoms with Crippen molar-refractivity contribution in [3.63, 3.8) is 0 Å². The first-order valence-corrected chi connectivity index (χ1v) is 12.0. The molecule has 3 aromatic rings. The summed E-state index contributed by atoms with van der Waals surface area (Å²) in [4.78, 5) is 28.5. The van der Waals surface area contributed by atoms with Gasteiger partial charge in [-0.25, -0.2) is 8.78 Å². The van der Waals surface area contributed by atoms with Gasteiger partial charge in [-0.15, -0.1) is 0 Å². The smallest absolute Gasteiger partial charge is 0.231 e. The van der Waals surface area contributed by atoms with Crippen molar-refractivity contribution in [3.05, 3.63) is 93.5 Å². The summed E-state index contributed by atoms with van der Waals surface area (Å²) in [5.74, 6) is -1.54. The van der Waals surface area contributed by atoms with Gasteiger partial charge in [0.05, 0.1) is 22.2 Å². The van der Waals surface area contributed by atoms with E-state index in [4.69, 9.17) is 23.2 Å². The Morgan fingerprint density at radius 3 is 2.40 bits per heavy atom. The molecule has 0 aliphatic carbocycles. The molecular formula is C27H24Cl2F2N2O2. The van der Waals surface area contributed by atoms with E-state index in [0.717, 1.165) is 11.6 Å². The number of nitrogens with zero attached hydrogens (tertiary/aromatic N) is 2. The van der Waals surface area contributed by atoms with Gasteiger partial charge in [0.25, 0.3) is 0 Å². The van der Waals surface area contributed by atoms with E-state index in [1.54, 1.807) is 19.2 Å². The predicted molar refractivity (Wildman–Crippen MR) is 135 cm³/mol. The molecule has 0 aromatic heterocycles. The molecule has 1 saturated heterocycles. The third kappa shape index (κ3) is 5.82. The van der Waals surface area contributed by atoms with Gasteiger partial charge in [0, 0.05) is 31.8 Å². The minimum absolute atomic E-state index is 0.0467. The highest BCUT2D eigenvalue weighted by Crippen LogP contribution is 2.40. The van der Waals surface area contributed by atoms with Crippen LogP contribution in [0, 0.1) is 17.6 Å². The number of hydrogen-bond donors (Lipinski definition) is 0. The molecule has 0 radical (unpaired) electrons. The van der Waals surface area contributed by atoms with Crippen molar-refractivity contribution in [1.82, 2.24) is 0 Å². The van der Waals surface area contributed by atoms with Gasteiger partial charge in [-0.3, -0.25) is 9.59 Å². The molecule has 0 bridgehead atoms. The summed E-state index contributed by atoms with van der Waals surface area (Å²) in [5.41, 5.74) is 2.17. The topological polar surface area (TPSA) is 40.6 Å². The summed E-state index contributed by atoms with van der Waals surface area (Å²) in [5, 5.41) is 0.489. The number of halogens is 4. The maximum Gasteiger partial charge on any atom is 0.231 e. The van der Waals surface area contributed by atoms with Crippen molar-refractivity contribution in [2.45, 2.75) is 25.7 Å². The molecular weight excluding hydrogens is 493 g/mol. The molecule has 0 saturated carbocycles. The fourth-order valence-corrected chi connectivity index (χ4v) is 5.01. The maximum absolute atomic E-state index is 14.2. The first kappa shape index (κ1) is 25.1. The number of carbonyl (C=O) groups is 2. The second-order valence-corrected chi connectivity index (χ2v) is 9.54. The molecule has 1 aliphatic rings. The first-order valence-electron chi connectivity index (χ1n) is 11.3. The third-order valence-electron chi connectivity index (χ3n) is 6.26. The Kier molecular flexibility index (Phi) is 7.72.